The summed E-state index contributed by atoms with van der Waals surface area (Å²) >= 11 is 0. The molecule has 2 N–H and O–H groups in total. The molecule has 0 radical (unpaired) electrons. The molecule has 2 rings (SSSR count). The van der Waals surface area contributed by atoms with Gasteiger partial charge in [0.1, 0.15) is 0 Å². The summed E-state index contributed by atoms with van der Waals surface area (Å²) in [5.41, 5.74) is 6.30. The van der Waals surface area contributed by atoms with Crippen LogP contribution in [-0.2, 0) is 0 Å². The van der Waals surface area contributed by atoms with Crippen molar-refractivity contribution in [1.29, 1.82) is 0 Å². The lowest BCUT2D eigenvalue weighted by Gasteiger charge is -2.24. The Morgan fingerprint density at radius 3 is 2.50 bits per heavy atom. The van der Waals surface area contributed by atoms with Crippen LogP contribution in [0.25, 0.3) is 0 Å². The molecule has 0 aromatic heterocycles. The van der Waals surface area contributed by atoms with Crippen molar-refractivity contribution in [2.24, 2.45) is 11.7 Å². The Morgan fingerprint density at radius 2 is 2.08 bits per heavy atom. The van der Waals surface area contributed by atoms with Crippen LogP contribution < -0.4 is 5.73 Å². The van der Waals surface area contributed by atoms with Gasteiger partial charge in [-0.1, -0.05) is 6.92 Å². The van der Waals surface area contributed by atoms with Crippen LogP contribution in [0.3, 0.4) is 0 Å². The summed E-state index contributed by atoms with van der Waals surface area (Å²) in [6.07, 6.45) is 3.84. The summed E-state index contributed by atoms with van der Waals surface area (Å²) in [5, 5.41) is 0. The standard InChI is InChI=1S/C10H20N2/c1-8-5-9(2)12(6-8)7-10(11)3-4-10/h8-9H,3-7,11H2,1-2H3. The fourth-order valence-corrected chi connectivity index (χ4v) is 2.33. The molecule has 0 amide bonds. The van der Waals surface area contributed by atoms with Crippen molar-refractivity contribution < 1.29 is 0 Å². The summed E-state index contributed by atoms with van der Waals surface area (Å²) in [7, 11) is 0. The third-order valence-electron chi connectivity index (χ3n) is 3.32. The molecule has 1 heterocycles. The average Bonchev–Trinajstić information content (AvgIpc) is 2.58. The molecule has 12 heavy (non-hydrogen) atoms. The fourth-order valence-electron chi connectivity index (χ4n) is 2.33. The molecule has 0 bridgehead atoms. The van der Waals surface area contributed by atoms with E-state index in [1.807, 2.05) is 0 Å². The fraction of sp³-hybridized carbons (Fsp3) is 1.00. The molecule has 2 fully saturated rings. The maximum absolute atomic E-state index is 6.09. The molecule has 1 saturated carbocycles. The zero-order valence-corrected chi connectivity index (χ0v) is 8.21. The lowest BCUT2D eigenvalue weighted by atomic mass is 10.1. The van der Waals surface area contributed by atoms with Gasteiger partial charge in [-0.3, -0.25) is 4.90 Å². The average molecular weight is 168 g/mol. The predicted molar refractivity (Wildman–Crippen MR) is 51.0 cm³/mol. The van der Waals surface area contributed by atoms with E-state index in [1.165, 1.54) is 25.8 Å². The van der Waals surface area contributed by atoms with E-state index < -0.39 is 0 Å². The van der Waals surface area contributed by atoms with Gasteiger partial charge in [-0.15, -0.1) is 0 Å². The van der Waals surface area contributed by atoms with Gasteiger partial charge in [0.05, 0.1) is 0 Å². The van der Waals surface area contributed by atoms with Crippen molar-refractivity contribution in [1.82, 2.24) is 4.90 Å². The van der Waals surface area contributed by atoms with Crippen molar-refractivity contribution in [3.05, 3.63) is 0 Å². The predicted octanol–water partition coefficient (Wildman–Crippen LogP) is 1.21. The first-order valence-electron chi connectivity index (χ1n) is 5.12. The second kappa shape index (κ2) is 2.71. The molecule has 1 aliphatic heterocycles. The molecular formula is C10H20N2. The van der Waals surface area contributed by atoms with Crippen LogP contribution in [0.15, 0.2) is 0 Å². The molecule has 0 spiro atoms. The van der Waals surface area contributed by atoms with E-state index in [-0.39, 0.29) is 5.54 Å². The maximum atomic E-state index is 6.09. The van der Waals surface area contributed by atoms with Gasteiger partial charge >= 0.3 is 0 Å². The molecule has 2 nitrogen and oxygen atoms in total. The summed E-state index contributed by atoms with van der Waals surface area (Å²) in [6, 6.07) is 0.765. The molecule has 2 aliphatic rings. The van der Waals surface area contributed by atoms with Crippen molar-refractivity contribution >= 4 is 0 Å². The van der Waals surface area contributed by atoms with Crippen LogP contribution in [0, 0.1) is 5.92 Å². The Kier molecular flexibility index (Phi) is 1.92. The second-order valence-corrected chi connectivity index (χ2v) is 4.98. The molecule has 1 aliphatic carbocycles. The summed E-state index contributed by atoms with van der Waals surface area (Å²) < 4.78 is 0. The Labute approximate surface area is 75.1 Å². The van der Waals surface area contributed by atoms with Crippen LogP contribution in [0.4, 0.5) is 0 Å². The lowest BCUT2D eigenvalue weighted by Crippen LogP contribution is -2.41. The zero-order valence-electron chi connectivity index (χ0n) is 8.21. The molecule has 2 atom stereocenters. The molecular weight excluding hydrogens is 148 g/mol. The largest absolute Gasteiger partial charge is 0.324 e. The van der Waals surface area contributed by atoms with Crippen LogP contribution in [0.1, 0.15) is 33.1 Å². The van der Waals surface area contributed by atoms with Gasteiger partial charge < -0.3 is 5.73 Å². The Morgan fingerprint density at radius 1 is 1.42 bits per heavy atom. The van der Waals surface area contributed by atoms with E-state index in [1.54, 1.807) is 0 Å². The van der Waals surface area contributed by atoms with E-state index in [0.29, 0.717) is 0 Å². The van der Waals surface area contributed by atoms with Crippen molar-refractivity contribution in [3.63, 3.8) is 0 Å². The van der Waals surface area contributed by atoms with E-state index in [4.69, 9.17) is 5.73 Å². The molecule has 2 heteroatoms. The van der Waals surface area contributed by atoms with Crippen LogP contribution in [0.2, 0.25) is 0 Å². The highest BCUT2D eigenvalue weighted by molar-refractivity contribution is 5.02. The highest BCUT2D eigenvalue weighted by Gasteiger charge is 2.42. The molecule has 0 aromatic carbocycles. The highest BCUT2D eigenvalue weighted by atomic mass is 15.2. The summed E-state index contributed by atoms with van der Waals surface area (Å²) in [4.78, 5) is 2.57. The van der Waals surface area contributed by atoms with Crippen LogP contribution in [-0.4, -0.2) is 29.6 Å². The van der Waals surface area contributed by atoms with Crippen molar-refractivity contribution in [2.45, 2.75) is 44.7 Å². The van der Waals surface area contributed by atoms with E-state index >= 15 is 0 Å². The number of nitrogens with two attached hydrogens (primary N) is 1. The molecule has 70 valence electrons. The molecule has 2 unspecified atom stereocenters. The van der Waals surface area contributed by atoms with Crippen molar-refractivity contribution in [2.75, 3.05) is 13.1 Å². The number of nitrogens with zero attached hydrogens (tertiary/aromatic N) is 1. The quantitative estimate of drug-likeness (QED) is 0.671. The topological polar surface area (TPSA) is 29.3 Å². The van der Waals surface area contributed by atoms with Gasteiger partial charge in [0, 0.05) is 24.7 Å². The normalized spacial score (nSPS) is 40.2. The summed E-state index contributed by atoms with van der Waals surface area (Å²) in [6.45, 7) is 7.07. The third kappa shape index (κ3) is 1.64. The Balaban J connectivity index is 1.87. The Hall–Kier alpha value is -0.0800. The van der Waals surface area contributed by atoms with Crippen LogP contribution >= 0.6 is 0 Å². The van der Waals surface area contributed by atoms with E-state index in [2.05, 4.69) is 18.7 Å². The monoisotopic (exact) mass is 168 g/mol. The first-order valence-corrected chi connectivity index (χ1v) is 5.12. The zero-order chi connectivity index (χ0) is 8.77. The first kappa shape index (κ1) is 8.52. The first-order chi connectivity index (χ1) is 5.59. The van der Waals surface area contributed by atoms with Gasteiger partial charge in [-0.05, 0) is 32.1 Å². The van der Waals surface area contributed by atoms with E-state index in [0.717, 1.165) is 18.5 Å². The number of hydrogen-bond acceptors (Lipinski definition) is 2. The third-order valence-corrected chi connectivity index (χ3v) is 3.32. The van der Waals surface area contributed by atoms with Gasteiger partial charge in [-0.25, -0.2) is 0 Å². The number of likely N-dealkylation sites (tertiary alicyclic amines) is 1. The number of hydrogen-bond donors (Lipinski definition) is 1. The van der Waals surface area contributed by atoms with E-state index in [9.17, 15) is 0 Å². The number of rotatable bonds is 2. The molecule has 1 saturated heterocycles. The Bertz CT molecular complexity index is 175. The minimum absolute atomic E-state index is 0.207. The van der Waals surface area contributed by atoms with Gasteiger partial charge in [0.15, 0.2) is 0 Å². The van der Waals surface area contributed by atoms with Gasteiger partial charge in [0.25, 0.3) is 0 Å². The SMILES string of the molecule is CC1CC(C)N(CC2(N)CC2)C1. The van der Waals surface area contributed by atoms with Gasteiger partial charge in [-0.2, -0.15) is 0 Å². The van der Waals surface area contributed by atoms with Crippen LogP contribution in [0.5, 0.6) is 0 Å². The maximum Gasteiger partial charge on any atom is 0.0284 e. The molecule has 0 aromatic rings. The smallest absolute Gasteiger partial charge is 0.0284 e. The minimum atomic E-state index is 0.207. The minimum Gasteiger partial charge on any atom is -0.324 e. The lowest BCUT2D eigenvalue weighted by molar-refractivity contribution is 0.242. The van der Waals surface area contributed by atoms with Crippen molar-refractivity contribution in [3.8, 4) is 0 Å². The summed E-state index contributed by atoms with van der Waals surface area (Å²) in [5.74, 6) is 0.877. The van der Waals surface area contributed by atoms with Gasteiger partial charge in [0.2, 0.25) is 0 Å². The second-order valence-electron chi connectivity index (χ2n) is 4.98. The highest BCUT2D eigenvalue weighted by Crippen LogP contribution is 2.35.